The summed E-state index contributed by atoms with van der Waals surface area (Å²) in [6.07, 6.45) is 0.868. The quantitative estimate of drug-likeness (QED) is 0.459. The number of carbonyl (C=O) groups excluding carboxylic acids is 1. The Bertz CT molecular complexity index is 1020. The second-order valence-electron chi connectivity index (χ2n) is 8.97. The van der Waals surface area contributed by atoms with E-state index in [4.69, 9.17) is 9.72 Å². The number of hydrogen-bond acceptors (Lipinski definition) is 5. The number of carbonyl (C=O) groups is 1. The molecule has 1 amide bonds. The highest BCUT2D eigenvalue weighted by molar-refractivity contribution is 7.22. The summed E-state index contributed by atoms with van der Waals surface area (Å²) in [5.41, 5.74) is 2.76. The van der Waals surface area contributed by atoms with Crippen LogP contribution in [0.3, 0.4) is 0 Å². The number of nitrogens with zero attached hydrogens (tertiary/aromatic N) is 3. The summed E-state index contributed by atoms with van der Waals surface area (Å²) in [6, 6.07) is 13.9. The third-order valence-electron chi connectivity index (χ3n) is 5.13. The molecule has 0 saturated carbocycles. The first-order chi connectivity index (χ1) is 14.7. The summed E-state index contributed by atoms with van der Waals surface area (Å²) in [4.78, 5) is 22.3. The largest absolute Gasteiger partial charge is 0.492 e. The number of fused-ring (bicyclic) bond motifs is 1. The molecule has 31 heavy (non-hydrogen) atoms. The van der Waals surface area contributed by atoms with Gasteiger partial charge in [0.25, 0.3) is 5.91 Å². The summed E-state index contributed by atoms with van der Waals surface area (Å²) in [5, 5.41) is 0.714. The Morgan fingerprint density at radius 3 is 2.39 bits per heavy atom. The Morgan fingerprint density at radius 1 is 1.06 bits per heavy atom. The van der Waals surface area contributed by atoms with Crippen LogP contribution in [0.5, 0.6) is 5.75 Å². The molecule has 0 fully saturated rings. The molecule has 0 radical (unpaired) electrons. The van der Waals surface area contributed by atoms with Crippen molar-refractivity contribution in [1.82, 2.24) is 9.88 Å². The number of anilines is 1. The summed E-state index contributed by atoms with van der Waals surface area (Å²) >= 11 is 1.54. The molecule has 0 spiro atoms. The van der Waals surface area contributed by atoms with Gasteiger partial charge in [0.15, 0.2) is 5.13 Å². The molecule has 0 aliphatic heterocycles. The van der Waals surface area contributed by atoms with Crippen LogP contribution < -0.4 is 9.64 Å². The smallest absolute Gasteiger partial charge is 0.260 e. The van der Waals surface area contributed by atoms with Crippen molar-refractivity contribution >= 4 is 32.6 Å². The predicted molar refractivity (Wildman–Crippen MR) is 131 cm³/mol. The fraction of sp³-hybridized carbons (Fsp3) is 0.440. The number of benzene rings is 2. The highest BCUT2D eigenvalue weighted by Crippen LogP contribution is 2.35. The molecule has 0 unspecified atom stereocenters. The molecule has 3 aromatic rings. The van der Waals surface area contributed by atoms with Crippen molar-refractivity contribution < 1.29 is 9.53 Å². The third kappa shape index (κ3) is 5.63. The lowest BCUT2D eigenvalue weighted by Crippen LogP contribution is -2.33. The summed E-state index contributed by atoms with van der Waals surface area (Å²) in [5.74, 6) is 0.744. The van der Waals surface area contributed by atoms with Crippen LogP contribution in [0.1, 0.15) is 50.0 Å². The van der Waals surface area contributed by atoms with Crippen LogP contribution in [0.2, 0.25) is 0 Å². The Kier molecular flexibility index (Phi) is 7.34. The first-order valence-electron chi connectivity index (χ1n) is 10.8. The number of para-hydroxylation sites is 1. The molecule has 0 N–H and O–H groups in total. The molecule has 1 heterocycles. The van der Waals surface area contributed by atoms with E-state index >= 15 is 0 Å². The van der Waals surface area contributed by atoms with Crippen LogP contribution in [-0.2, 0) is 5.41 Å². The molecule has 2 aromatic carbocycles. The van der Waals surface area contributed by atoms with Gasteiger partial charge in [-0.1, -0.05) is 50.3 Å². The maximum Gasteiger partial charge on any atom is 0.260 e. The van der Waals surface area contributed by atoms with Gasteiger partial charge in [-0.15, -0.1) is 0 Å². The van der Waals surface area contributed by atoms with Gasteiger partial charge in [-0.25, -0.2) is 4.98 Å². The number of thiazole rings is 1. The van der Waals surface area contributed by atoms with E-state index < -0.39 is 0 Å². The van der Waals surface area contributed by atoms with E-state index in [0.29, 0.717) is 23.8 Å². The van der Waals surface area contributed by atoms with Gasteiger partial charge < -0.3 is 9.64 Å². The summed E-state index contributed by atoms with van der Waals surface area (Å²) in [6.45, 7) is 10.6. The van der Waals surface area contributed by atoms with Crippen LogP contribution in [0.4, 0.5) is 5.13 Å². The summed E-state index contributed by atoms with van der Waals surface area (Å²) < 4.78 is 6.77. The zero-order valence-corrected chi connectivity index (χ0v) is 20.3. The molecule has 6 heteroatoms. The monoisotopic (exact) mass is 439 g/mol. The van der Waals surface area contributed by atoms with Crippen molar-refractivity contribution in [3.63, 3.8) is 0 Å². The van der Waals surface area contributed by atoms with Crippen molar-refractivity contribution in [1.29, 1.82) is 0 Å². The van der Waals surface area contributed by atoms with Gasteiger partial charge in [-0.2, -0.15) is 0 Å². The van der Waals surface area contributed by atoms with Crippen LogP contribution in [0.15, 0.2) is 42.5 Å². The topological polar surface area (TPSA) is 45.7 Å². The normalized spacial score (nSPS) is 11.8. The fourth-order valence-electron chi connectivity index (χ4n) is 3.40. The van der Waals surface area contributed by atoms with Crippen molar-refractivity contribution in [2.75, 3.05) is 38.7 Å². The molecule has 0 aliphatic carbocycles. The fourth-order valence-corrected chi connectivity index (χ4v) is 4.40. The second kappa shape index (κ2) is 9.79. The van der Waals surface area contributed by atoms with Crippen molar-refractivity contribution in [3.8, 4) is 5.75 Å². The number of amides is 1. The average molecular weight is 440 g/mol. The van der Waals surface area contributed by atoms with Gasteiger partial charge in [-0.05, 0) is 69.2 Å². The van der Waals surface area contributed by atoms with E-state index in [0.717, 1.165) is 28.9 Å². The molecular formula is C25H33N3O2S. The lowest BCUT2D eigenvalue weighted by atomic mass is 9.86. The minimum absolute atomic E-state index is 0.0174. The maximum absolute atomic E-state index is 13.5. The van der Waals surface area contributed by atoms with E-state index in [1.54, 1.807) is 0 Å². The van der Waals surface area contributed by atoms with Gasteiger partial charge in [-0.3, -0.25) is 9.69 Å². The molecule has 0 aliphatic rings. The number of aromatic nitrogens is 1. The lowest BCUT2D eigenvalue weighted by molar-refractivity contribution is 0.0986. The van der Waals surface area contributed by atoms with E-state index in [9.17, 15) is 4.79 Å². The van der Waals surface area contributed by atoms with E-state index in [1.165, 1.54) is 16.9 Å². The zero-order chi connectivity index (χ0) is 22.6. The molecule has 1 aromatic heterocycles. The third-order valence-corrected chi connectivity index (χ3v) is 6.18. The first-order valence-corrected chi connectivity index (χ1v) is 11.6. The predicted octanol–water partition coefficient (Wildman–Crippen LogP) is 5.59. The van der Waals surface area contributed by atoms with Crippen LogP contribution in [0, 0.1) is 0 Å². The zero-order valence-electron chi connectivity index (χ0n) is 19.4. The lowest BCUT2D eigenvalue weighted by Gasteiger charge is -2.22. The number of ether oxygens (including phenoxy) is 1. The second-order valence-corrected chi connectivity index (χ2v) is 9.98. The first kappa shape index (κ1) is 23.2. The van der Waals surface area contributed by atoms with Gasteiger partial charge >= 0.3 is 0 Å². The molecule has 166 valence electrons. The minimum Gasteiger partial charge on any atom is -0.492 e. The molecule has 3 rings (SSSR count). The molecule has 0 atom stereocenters. The maximum atomic E-state index is 13.5. The van der Waals surface area contributed by atoms with E-state index in [1.807, 2.05) is 56.3 Å². The molecule has 0 bridgehead atoms. The Labute approximate surface area is 189 Å². The van der Waals surface area contributed by atoms with E-state index in [-0.39, 0.29) is 11.3 Å². The SMILES string of the molecule is CCOc1cccc2sc(N(CCCN(C)C)C(=O)c3ccc(C(C)(C)C)cc3)nc12. The highest BCUT2D eigenvalue weighted by Gasteiger charge is 2.23. The van der Waals surface area contributed by atoms with Crippen LogP contribution >= 0.6 is 11.3 Å². The van der Waals surface area contributed by atoms with Crippen LogP contribution in [0.25, 0.3) is 10.2 Å². The average Bonchev–Trinajstić information content (AvgIpc) is 3.15. The van der Waals surface area contributed by atoms with Gasteiger partial charge in [0.05, 0.1) is 11.3 Å². The van der Waals surface area contributed by atoms with Gasteiger partial charge in [0.1, 0.15) is 11.3 Å². The van der Waals surface area contributed by atoms with Crippen LogP contribution in [-0.4, -0.2) is 49.6 Å². The van der Waals surface area contributed by atoms with E-state index in [2.05, 4.69) is 37.8 Å². The minimum atomic E-state index is -0.0174. The van der Waals surface area contributed by atoms with Crippen molar-refractivity contribution in [2.24, 2.45) is 0 Å². The molecular weight excluding hydrogens is 406 g/mol. The molecule has 5 nitrogen and oxygen atoms in total. The Balaban J connectivity index is 1.95. The highest BCUT2D eigenvalue weighted by atomic mass is 32.1. The Hall–Kier alpha value is -2.44. The van der Waals surface area contributed by atoms with Crippen molar-refractivity contribution in [3.05, 3.63) is 53.6 Å². The van der Waals surface area contributed by atoms with Gasteiger partial charge in [0.2, 0.25) is 0 Å². The number of rotatable bonds is 8. The Morgan fingerprint density at radius 2 is 1.77 bits per heavy atom. The summed E-state index contributed by atoms with van der Waals surface area (Å²) in [7, 11) is 4.09. The molecule has 0 saturated heterocycles. The standard InChI is InChI=1S/C25H33N3O2S/c1-7-30-20-10-8-11-21-22(20)26-24(31-21)28(17-9-16-27(5)6)23(29)18-12-14-19(15-13-18)25(2,3)4/h8,10-15H,7,9,16-17H2,1-6H3. The van der Waals surface area contributed by atoms with Gasteiger partial charge in [0, 0.05) is 12.1 Å². The number of hydrogen-bond donors (Lipinski definition) is 0. The van der Waals surface area contributed by atoms with Crippen molar-refractivity contribution in [2.45, 2.75) is 39.5 Å².